The Morgan fingerprint density at radius 3 is 2.62 bits per heavy atom. The highest BCUT2D eigenvalue weighted by Gasteiger charge is 2.28. The van der Waals surface area contributed by atoms with Gasteiger partial charge in [-0.3, -0.25) is 9.59 Å². The summed E-state index contributed by atoms with van der Waals surface area (Å²) in [6.07, 6.45) is 1.45. The smallest absolute Gasteiger partial charge is 0.255 e. The number of anilines is 2. The molecule has 1 N–H and O–H groups in total. The van der Waals surface area contributed by atoms with Crippen molar-refractivity contribution in [3.63, 3.8) is 0 Å². The van der Waals surface area contributed by atoms with Crippen LogP contribution in [-0.4, -0.2) is 17.9 Å². The van der Waals surface area contributed by atoms with Crippen molar-refractivity contribution in [3.8, 4) is 6.07 Å². The van der Waals surface area contributed by atoms with E-state index in [0.29, 0.717) is 23.2 Å². The molecule has 0 aromatic heterocycles. The second kappa shape index (κ2) is 6.55. The molecule has 0 saturated carbocycles. The van der Waals surface area contributed by atoms with E-state index in [2.05, 4.69) is 5.32 Å². The number of hydrogen-bond donors (Lipinski definition) is 1. The van der Waals surface area contributed by atoms with E-state index in [9.17, 15) is 9.59 Å². The fraction of sp³-hybridized carbons (Fsp3) is 0.211. The number of amides is 2. The summed E-state index contributed by atoms with van der Waals surface area (Å²) >= 11 is 0. The van der Waals surface area contributed by atoms with Crippen molar-refractivity contribution in [1.29, 1.82) is 5.26 Å². The maximum atomic E-state index is 12.2. The minimum absolute atomic E-state index is 0.132. The molecular weight excluding hydrogens is 302 g/mol. The minimum Gasteiger partial charge on any atom is -0.322 e. The van der Waals surface area contributed by atoms with E-state index in [1.807, 2.05) is 25.1 Å². The number of carbonyl (C=O) groups is 2. The van der Waals surface area contributed by atoms with Gasteiger partial charge in [-0.15, -0.1) is 0 Å². The van der Waals surface area contributed by atoms with Crippen molar-refractivity contribution in [2.75, 3.05) is 10.2 Å². The monoisotopic (exact) mass is 319 g/mol. The van der Waals surface area contributed by atoms with Crippen LogP contribution in [0.15, 0.2) is 48.5 Å². The predicted molar refractivity (Wildman–Crippen MR) is 91.7 cm³/mol. The average Bonchev–Trinajstić information content (AvgIpc) is 2.94. The Bertz CT molecular complexity index is 821. The summed E-state index contributed by atoms with van der Waals surface area (Å²) in [5.41, 5.74) is 2.36. The van der Waals surface area contributed by atoms with Gasteiger partial charge in [-0.05, 0) is 55.8 Å². The van der Waals surface area contributed by atoms with Crippen LogP contribution in [0.3, 0.4) is 0 Å². The zero-order valence-electron chi connectivity index (χ0n) is 13.3. The number of nitrogens with zero attached hydrogens (tertiary/aromatic N) is 2. The fourth-order valence-electron chi connectivity index (χ4n) is 2.86. The zero-order chi connectivity index (χ0) is 17.1. The molecule has 3 rings (SSSR count). The third kappa shape index (κ3) is 3.13. The van der Waals surface area contributed by atoms with E-state index in [4.69, 9.17) is 5.26 Å². The third-order valence-corrected chi connectivity index (χ3v) is 4.14. The van der Waals surface area contributed by atoms with Crippen LogP contribution in [0, 0.1) is 11.3 Å². The molecule has 2 aromatic carbocycles. The van der Waals surface area contributed by atoms with Crippen molar-refractivity contribution >= 4 is 23.2 Å². The molecule has 0 aliphatic carbocycles. The molecule has 1 unspecified atom stereocenters. The van der Waals surface area contributed by atoms with Crippen LogP contribution in [0.4, 0.5) is 11.4 Å². The number of nitrogens with one attached hydrogen (secondary N) is 1. The number of rotatable bonds is 3. The molecule has 1 aliphatic heterocycles. The maximum absolute atomic E-state index is 12.2. The van der Waals surface area contributed by atoms with Crippen molar-refractivity contribution in [2.24, 2.45) is 0 Å². The Morgan fingerprint density at radius 2 is 2.00 bits per heavy atom. The summed E-state index contributed by atoms with van der Waals surface area (Å²) in [4.78, 5) is 26.0. The summed E-state index contributed by atoms with van der Waals surface area (Å²) in [7, 11) is 0. The Labute approximate surface area is 140 Å². The molecule has 5 heteroatoms. The molecule has 0 bridgehead atoms. The van der Waals surface area contributed by atoms with Crippen molar-refractivity contribution in [3.05, 3.63) is 59.7 Å². The first-order chi connectivity index (χ1) is 11.6. The Morgan fingerprint density at radius 1 is 1.25 bits per heavy atom. The lowest BCUT2D eigenvalue weighted by Gasteiger charge is -2.21. The first kappa shape index (κ1) is 15.8. The maximum Gasteiger partial charge on any atom is 0.255 e. The van der Waals surface area contributed by atoms with Crippen LogP contribution in [0.5, 0.6) is 0 Å². The van der Waals surface area contributed by atoms with Gasteiger partial charge in [0.2, 0.25) is 5.91 Å². The lowest BCUT2D eigenvalue weighted by atomic mass is 10.1. The summed E-state index contributed by atoms with van der Waals surface area (Å²) in [5, 5.41) is 11.7. The lowest BCUT2D eigenvalue weighted by Crippen LogP contribution is -2.30. The van der Waals surface area contributed by atoms with Gasteiger partial charge in [-0.2, -0.15) is 5.26 Å². The van der Waals surface area contributed by atoms with Gasteiger partial charge in [0, 0.05) is 29.4 Å². The van der Waals surface area contributed by atoms with E-state index < -0.39 is 0 Å². The number of carbonyl (C=O) groups excluding carboxylic acids is 2. The topological polar surface area (TPSA) is 73.2 Å². The minimum atomic E-state index is -0.273. The summed E-state index contributed by atoms with van der Waals surface area (Å²) in [6.45, 7) is 2.03. The molecule has 120 valence electrons. The zero-order valence-corrected chi connectivity index (χ0v) is 13.3. The van der Waals surface area contributed by atoms with E-state index >= 15 is 0 Å². The molecule has 0 radical (unpaired) electrons. The van der Waals surface area contributed by atoms with Crippen molar-refractivity contribution in [2.45, 2.75) is 25.8 Å². The summed E-state index contributed by atoms with van der Waals surface area (Å²) < 4.78 is 0. The van der Waals surface area contributed by atoms with Crippen LogP contribution in [0.25, 0.3) is 0 Å². The van der Waals surface area contributed by atoms with Gasteiger partial charge in [-0.1, -0.05) is 6.07 Å². The molecular formula is C19H17N3O2. The average molecular weight is 319 g/mol. The third-order valence-electron chi connectivity index (χ3n) is 4.14. The lowest BCUT2D eigenvalue weighted by molar-refractivity contribution is -0.117. The normalized spacial score (nSPS) is 16.8. The second-order valence-corrected chi connectivity index (χ2v) is 5.85. The van der Waals surface area contributed by atoms with Crippen LogP contribution in [-0.2, 0) is 4.79 Å². The molecule has 1 heterocycles. The highest BCUT2D eigenvalue weighted by Crippen LogP contribution is 2.27. The SMILES string of the molecule is CC1CCC(=O)N1c1ccc(NC(=O)c2cccc(C#N)c2)cc1. The van der Waals surface area contributed by atoms with Crippen LogP contribution in [0.1, 0.15) is 35.7 Å². The van der Waals surface area contributed by atoms with E-state index in [1.54, 1.807) is 41.3 Å². The number of nitriles is 1. The number of hydrogen-bond acceptors (Lipinski definition) is 3. The molecule has 1 fully saturated rings. The molecule has 1 saturated heterocycles. The van der Waals surface area contributed by atoms with Crippen molar-refractivity contribution in [1.82, 2.24) is 0 Å². The molecule has 5 nitrogen and oxygen atoms in total. The van der Waals surface area contributed by atoms with E-state index in [0.717, 1.165) is 12.1 Å². The van der Waals surface area contributed by atoms with E-state index in [1.165, 1.54) is 0 Å². The fourth-order valence-corrected chi connectivity index (χ4v) is 2.86. The molecule has 2 aromatic rings. The van der Waals surface area contributed by atoms with Gasteiger partial charge in [0.15, 0.2) is 0 Å². The molecule has 2 amide bonds. The van der Waals surface area contributed by atoms with Crippen LogP contribution >= 0.6 is 0 Å². The van der Waals surface area contributed by atoms with Gasteiger partial charge in [0.05, 0.1) is 11.6 Å². The van der Waals surface area contributed by atoms with Crippen LogP contribution in [0.2, 0.25) is 0 Å². The van der Waals surface area contributed by atoms with Gasteiger partial charge in [0.1, 0.15) is 0 Å². The van der Waals surface area contributed by atoms with Gasteiger partial charge >= 0.3 is 0 Å². The molecule has 1 aliphatic rings. The van der Waals surface area contributed by atoms with Gasteiger partial charge < -0.3 is 10.2 Å². The largest absolute Gasteiger partial charge is 0.322 e. The highest BCUT2D eigenvalue weighted by atomic mass is 16.2. The summed E-state index contributed by atoms with van der Waals surface area (Å²) in [5.74, 6) is -0.141. The van der Waals surface area contributed by atoms with Crippen LogP contribution < -0.4 is 10.2 Å². The molecule has 0 spiro atoms. The van der Waals surface area contributed by atoms with Gasteiger partial charge in [-0.25, -0.2) is 0 Å². The quantitative estimate of drug-likeness (QED) is 0.943. The Hall–Kier alpha value is -3.13. The van der Waals surface area contributed by atoms with Gasteiger partial charge in [0.25, 0.3) is 5.91 Å². The first-order valence-electron chi connectivity index (χ1n) is 7.82. The van der Waals surface area contributed by atoms with E-state index in [-0.39, 0.29) is 17.9 Å². The Balaban J connectivity index is 1.73. The molecule has 1 atom stereocenters. The summed E-state index contributed by atoms with van der Waals surface area (Å²) in [6, 6.07) is 16.0. The number of benzene rings is 2. The standard InChI is InChI=1S/C19H17N3O2/c1-13-5-10-18(23)22(13)17-8-6-16(7-9-17)21-19(24)15-4-2-3-14(11-15)12-20/h2-4,6-9,11,13H,5,10H2,1H3,(H,21,24). The predicted octanol–water partition coefficient (Wildman–Crippen LogP) is 3.33. The first-order valence-corrected chi connectivity index (χ1v) is 7.82. The Kier molecular flexibility index (Phi) is 4.30. The second-order valence-electron chi connectivity index (χ2n) is 5.85. The van der Waals surface area contributed by atoms with Crippen molar-refractivity contribution < 1.29 is 9.59 Å². The molecule has 24 heavy (non-hydrogen) atoms. The highest BCUT2D eigenvalue weighted by molar-refractivity contribution is 6.04.